The number of hydroxylamine groups is 2. The SMILES string of the molecule is O=C1CCC(=O)N1O.[N-]=[N+]=[N-]. The molecule has 1 N–H and O–H groups in total. The molecule has 0 aliphatic carbocycles. The predicted octanol–water partition coefficient (Wildman–Crippen LogP) is 0.391. The van der Waals surface area contributed by atoms with Gasteiger partial charge < -0.3 is 11.1 Å². The van der Waals surface area contributed by atoms with Gasteiger partial charge in [0.2, 0.25) is 0 Å². The number of amides is 2. The van der Waals surface area contributed by atoms with E-state index in [2.05, 4.69) is 0 Å². The summed E-state index contributed by atoms with van der Waals surface area (Å²) in [6.45, 7) is 0. The lowest BCUT2D eigenvalue weighted by atomic mass is 10.4. The van der Waals surface area contributed by atoms with Crippen molar-refractivity contribution in [3.63, 3.8) is 0 Å². The van der Waals surface area contributed by atoms with E-state index in [1.807, 2.05) is 0 Å². The van der Waals surface area contributed by atoms with Crippen LogP contribution in [0.4, 0.5) is 0 Å². The quantitative estimate of drug-likeness (QED) is 0.180. The van der Waals surface area contributed by atoms with Crippen LogP contribution in [0.5, 0.6) is 0 Å². The largest absolute Gasteiger partial charge is 0.373 e. The molecule has 1 aliphatic heterocycles. The monoisotopic (exact) mass is 157 g/mol. The molecule has 0 aromatic rings. The lowest BCUT2D eigenvalue weighted by molar-refractivity contribution is -0.171. The molecule has 1 fully saturated rings. The summed E-state index contributed by atoms with van der Waals surface area (Å²) < 4.78 is 0. The zero-order valence-electron chi connectivity index (χ0n) is 5.47. The van der Waals surface area contributed by atoms with Gasteiger partial charge in [-0.3, -0.25) is 19.7 Å². The fraction of sp³-hybridized carbons (Fsp3) is 0.500. The van der Waals surface area contributed by atoms with Gasteiger partial charge in [0, 0.05) is 12.8 Å². The molecule has 0 aromatic heterocycles. The number of hydrogen-bond acceptors (Lipinski definition) is 3. The Balaban J connectivity index is 0.000000292. The summed E-state index contributed by atoms with van der Waals surface area (Å²) in [4.78, 5) is 22.0. The van der Waals surface area contributed by atoms with Gasteiger partial charge in [0.1, 0.15) is 0 Å². The summed E-state index contributed by atoms with van der Waals surface area (Å²) in [7, 11) is 0. The Bertz CT molecular complexity index is 191. The van der Waals surface area contributed by atoms with Crippen molar-refractivity contribution in [2.75, 3.05) is 0 Å². The molecule has 0 spiro atoms. The summed E-state index contributed by atoms with van der Waals surface area (Å²) >= 11 is 0. The Morgan fingerprint density at radius 1 is 1.27 bits per heavy atom. The van der Waals surface area contributed by atoms with Crippen LogP contribution in [0, 0.1) is 0 Å². The molecule has 0 saturated carbocycles. The van der Waals surface area contributed by atoms with Crippen molar-refractivity contribution in [1.29, 1.82) is 0 Å². The molecule has 1 aliphatic rings. The van der Waals surface area contributed by atoms with Gasteiger partial charge in [0.05, 0.1) is 0 Å². The molecule has 0 bridgehead atoms. The van der Waals surface area contributed by atoms with Gasteiger partial charge >= 0.3 is 0 Å². The predicted molar refractivity (Wildman–Crippen MR) is 33.0 cm³/mol. The Kier molecular flexibility index (Phi) is 3.65. The standard InChI is InChI=1S/C4H5NO3.N3/c6-3-1-2-4(7)5(3)8;1-3-2/h8H,1-2H2;/q;-1. The third kappa shape index (κ3) is 2.65. The number of carbonyl (C=O) groups is 2. The lowest BCUT2D eigenvalue weighted by Crippen LogP contribution is -2.24. The third-order valence-corrected chi connectivity index (χ3v) is 1.03. The second kappa shape index (κ2) is 4.26. The van der Waals surface area contributed by atoms with E-state index < -0.39 is 11.8 Å². The van der Waals surface area contributed by atoms with Gasteiger partial charge in [-0.1, -0.05) is 0 Å². The Labute approximate surface area is 61.6 Å². The van der Waals surface area contributed by atoms with Gasteiger partial charge in [-0.25, -0.2) is 0 Å². The Morgan fingerprint density at radius 3 is 1.64 bits per heavy atom. The molecule has 60 valence electrons. The van der Waals surface area contributed by atoms with E-state index in [9.17, 15) is 9.59 Å². The second-order valence-corrected chi connectivity index (χ2v) is 1.69. The number of rotatable bonds is 0. The van der Waals surface area contributed by atoms with Crippen LogP contribution in [0.1, 0.15) is 12.8 Å². The molecule has 0 atom stereocenters. The average molecular weight is 157 g/mol. The number of imide groups is 1. The van der Waals surface area contributed by atoms with Gasteiger partial charge in [-0.2, -0.15) is 5.06 Å². The summed E-state index contributed by atoms with van der Waals surface area (Å²) in [5.74, 6) is -1.01. The molecule has 1 rings (SSSR count). The van der Waals surface area contributed by atoms with Crippen molar-refractivity contribution in [3.05, 3.63) is 16.0 Å². The summed E-state index contributed by atoms with van der Waals surface area (Å²) in [6, 6.07) is 0. The first-order chi connectivity index (χ1) is 5.13. The molecule has 1 heterocycles. The molecule has 0 aromatic carbocycles. The fourth-order valence-electron chi connectivity index (χ4n) is 0.565. The first-order valence-electron chi connectivity index (χ1n) is 2.66. The normalized spacial score (nSPS) is 15.5. The van der Waals surface area contributed by atoms with Crippen LogP contribution in [-0.2, 0) is 9.59 Å². The van der Waals surface area contributed by atoms with E-state index in [0.29, 0.717) is 0 Å². The van der Waals surface area contributed by atoms with Crippen molar-refractivity contribution < 1.29 is 14.8 Å². The Morgan fingerprint density at radius 2 is 1.55 bits per heavy atom. The first kappa shape index (κ1) is 9.41. The number of carbonyl (C=O) groups excluding carboxylic acids is 2. The van der Waals surface area contributed by atoms with Gasteiger partial charge in [-0.15, -0.1) is 0 Å². The van der Waals surface area contributed by atoms with Gasteiger partial charge in [-0.05, 0) is 0 Å². The molecule has 7 heteroatoms. The maximum Gasteiger partial charge on any atom is 0.253 e. The molecule has 7 nitrogen and oxygen atoms in total. The smallest absolute Gasteiger partial charge is 0.253 e. The van der Waals surface area contributed by atoms with Crippen LogP contribution >= 0.6 is 0 Å². The van der Waals surface area contributed by atoms with Crippen LogP contribution in [0.3, 0.4) is 0 Å². The second-order valence-electron chi connectivity index (χ2n) is 1.69. The summed E-state index contributed by atoms with van der Waals surface area (Å²) in [5.41, 5.74) is 13.5. The first-order valence-corrected chi connectivity index (χ1v) is 2.66. The third-order valence-electron chi connectivity index (χ3n) is 1.03. The van der Waals surface area contributed by atoms with Crippen molar-refractivity contribution in [2.45, 2.75) is 12.8 Å². The van der Waals surface area contributed by atoms with Crippen molar-refractivity contribution in [3.8, 4) is 0 Å². The molecule has 2 amide bonds. The maximum absolute atomic E-state index is 10.2. The number of hydrogen-bond donors (Lipinski definition) is 1. The molecular weight excluding hydrogens is 152 g/mol. The van der Waals surface area contributed by atoms with E-state index in [4.69, 9.17) is 16.3 Å². The molecule has 11 heavy (non-hydrogen) atoms. The lowest BCUT2D eigenvalue weighted by Gasteiger charge is -1.98. The zero-order valence-corrected chi connectivity index (χ0v) is 5.47. The van der Waals surface area contributed by atoms with E-state index in [1.54, 1.807) is 0 Å². The highest BCUT2D eigenvalue weighted by Gasteiger charge is 2.26. The Hall–Kier alpha value is -1.59. The van der Waals surface area contributed by atoms with Crippen LogP contribution in [0.15, 0.2) is 0 Å². The van der Waals surface area contributed by atoms with Crippen LogP contribution in [0.25, 0.3) is 16.0 Å². The maximum atomic E-state index is 10.2. The van der Waals surface area contributed by atoms with Gasteiger partial charge in [0.25, 0.3) is 11.8 Å². The minimum atomic E-state index is -0.505. The summed E-state index contributed by atoms with van der Waals surface area (Å²) in [6.07, 6.45) is 0.296. The van der Waals surface area contributed by atoms with Crippen molar-refractivity contribution in [2.24, 2.45) is 0 Å². The minimum Gasteiger partial charge on any atom is -0.373 e. The highest BCUT2D eigenvalue weighted by atomic mass is 16.5. The van der Waals surface area contributed by atoms with E-state index in [0.717, 1.165) is 0 Å². The van der Waals surface area contributed by atoms with Gasteiger partial charge in [0.15, 0.2) is 0 Å². The average Bonchev–Trinajstić information content (AvgIpc) is 2.22. The van der Waals surface area contributed by atoms with Crippen LogP contribution < -0.4 is 0 Å². The van der Waals surface area contributed by atoms with Crippen molar-refractivity contribution in [1.82, 2.24) is 5.06 Å². The fourth-order valence-corrected chi connectivity index (χ4v) is 0.565. The minimum absolute atomic E-state index is 0.148. The van der Waals surface area contributed by atoms with Crippen LogP contribution in [0.2, 0.25) is 0 Å². The topological polar surface area (TPSA) is 116 Å². The van der Waals surface area contributed by atoms with Crippen molar-refractivity contribution >= 4 is 11.8 Å². The molecule has 0 unspecified atom stereocenters. The van der Waals surface area contributed by atoms with E-state index in [-0.39, 0.29) is 17.9 Å². The molecule has 0 radical (unpaired) electrons. The highest BCUT2D eigenvalue weighted by molar-refractivity contribution is 6.00. The van der Waals surface area contributed by atoms with E-state index >= 15 is 0 Å². The highest BCUT2D eigenvalue weighted by Crippen LogP contribution is 2.06. The number of nitrogens with zero attached hydrogens (tertiary/aromatic N) is 4. The molecular formula is C4H5N4O3-. The van der Waals surface area contributed by atoms with E-state index in [1.165, 1.54) is 4.91 Å². The zero-order chi connectivity index (χ0) is 8.85. The van der Waals surface area contributed by atoms with Crippen LogP contribution in [-0.4, -0.2) is 22.1 Å². The summed E-state index contributed by atoms with van der Waals surface area (Å²) in [5, 5.41) is 8.57. The molecule has 1 saturated heterocycles.